The molecule has 0 aliphatic carbocycles. The van der Waals surface area contributed by atoms with Crippen molar-refractivity contribution in [3.8, 4) is 0 Å². The van der Waals surface area contributed by atoms with Gasteiger partial charge in [-0.25, -0.2) is 0 Å². The zero-order valence-corrected chi connectivity index (χ0v) is 24.7. The average molecular weight is 562 g/mol. The number of carbonyl (C=O) groups excluding carboxylic acids is 3. The molecule has 0 fully saturated rings. The van der Waals surface area contributed by atoms with Crippen LogP contribution in [0.25, 0.3) is 10.8 Å². The van der Waals surface area contributed by atoms with Crippen molar-refractivity contribution in [3.05, 3.63) is 113 Å². The van der Waals surface area contributed by atoms with Gasteiger partial charge in [0, 0.05) is 42.9 Å². The van der Waals surface area contributed by atoms with Gasteiger partial charge in [0.2, 0.25) is 11.8 Å². The summed E-state index contributed by atoms with van der Waals surface area (Å²) in [6.07, 6.45) is 1.94. The van der Waals surface area contributed by atoms with Crippen molar-refractivity contribution in [2.45, 2.75) is 65.1 Å². The Morgan fingerprint density at radius 1 is 0.905 bits per heavy atom. The first-order valence-corrected chi connectivity index (χ1v) is 14.9. The molecule has 0 aromatic heterocycles. The molecule has 0 saturated carbocycles. The number of carbonyl (C=O) groups is 3. The lowest BCUT2D eigenvalue weighted by Crippen LogP contribution is -2.52. The Labute approximate surface area is 248 Å². The van der Waals surface area contributed by atoms with E-state index >= 15 is 0 Å². The van der Waals surface area contributed by atoms with Crippen LogP contribution in [-0.4, -0.2) is 41.2 Å². The van der Waals surface area contributed by atoms with E-state index in [1.165, 1.54) is 0 Å². The fourth-order valence-corrected chi connectivity index (χ4v) is 5.70. The highest BCUT2D eigenvalue weighted by atomic mass is 16.2. The lowest BCUT2D eigenvalue weighted by atomic mass is 10.0. The first-order valence-electron chi connectivity index (χ1n) is 14.9. The quantitative estimate of drug-likeness (QED) is 0.216. The van der Waals surface area contributed by atoms with Gasteiger partial charge in [0.05, 0.1) is 5.69 Å². The molecule has 1 aliphatic heterocycles. The fourth-order valence-electron chi connectivity index (χ4n) is 5.70. The minimum Gasteiger partial charge on any atom is -0.352 e. The highest BCUT2D eigenvalue weighted by molar-refractivity contribution is 6.25. The van der Waals surface area contributed by atoms with Crippen molar-refractivity contribution in [2.75, 3.05) is 11.4 Å². The van der Waals surface area contributed by atoms with Crippen LogP contribution < -0.4 is 10.2 Å². The lowest BCUT2D eigenvalue weighted by molar-refractivity contribution is -0.141. The molecular weight excluding hydrogens is 522 g/mol. The maximum Gasteiger partial charge on any atom is 0.258 e. The molecule has 3 amide bonds. The molecule has 0 radical (unpaired) electrons. The molecule has 1 heterocycles. The molecule has 6 heteroatoms. The maximum absolute atomic E-state index is 14.1. The van der Waals surface area contributed by atoms with Gasteiger partial charge < -0.3 is 15.1 Å². The zero-order valence-electron chi connectivity index (χ0n) is 24.7. The Morgan fingerprint density at radius 3 is 2.36 bits per heavy atom. The Hall–Kier alpha value is -4.45. The Balaban J connectivity index is 1.38. The smallest absolute Gasteiger partial charge is 0.258 e. The Kier molecular flexibility index (Phi) is 9.01. The first-order chi connectivity index (χ1) is 20.4. The molecule has 6 nitrogen and oxygen atoms in total. The van der Waals surface area contributed by atoms with Crippen LogP contribution in [0.15, 0.2) is 91.0 Å². The third-order valence-corrected chi connectivity index (χ3v) is 8.30. The van der Waals surface area contributed by atoms with Gasteiger partial charge in [-0.1, -0.05) is 85.8 Å². The molecule has 42 heavy (non-hydrogen) atoms. The van der Waals surface area contributed by atoms with Crippen LogP contribution in [0.5, 0.6) is 0 Å². The van der Waals surface area contributed by atoms with Crippen LogP contribution in [0.1, 0.15) is 60.2 Å². The third kappa shape index (κ3) is 6.23. The monoisotopic (exact) mass is 561 g/mol. The number of nitrogens with one attached hydrogen (secondary N) is 1. The number of hydrogen-bond donors (Lipinski definition) is 1. The lowest BCUT2D eigenvalue weighted by Gasteiger charge is -2.33. The van der Waals surface area contributed by atoms with Gasteiger partial charge in [-0.2, -0.15) is 0 Å². The van der Waals surface area contributed by atoms with Gasteiger partial charge in [-0.15, -0.1) is 0 Å². The number of anilines is 1. The second kappa shape index (κ2) is 13.0. The van der Waals surface area contributed by atoms with E-state index in [1.807, 2.05) is 112 Å². The molecule has 0 unspecified atom stereocenters. The van der Waals surface area contributed by atoms with Gasteiger partial charge in [0.25, 0.3) is 5.91 Å². The molecule has 1 aliphatic rings. The highest BCUT2D eigenvalue weighted by Gasteiger charge is 2.32. The number of amides is 3. The summed E-state index contributed by atoms with van der Waals surface area (Å²) in [5.41, 5.74) is 4.69. The van der Waals surface area contributed by atoms with Gasteiger partial charge in [0.15, 0.2) is 0 Å². The van der Waals surface area contributed by atoms with Crippen molar-refractivity contribution >= 4 is 34.2 Å². The molecule has 0 bridgehead atoms. The summed E-state index contributed by atoms with van der Waals surface area (Å²) in [4.78, 5) is 44.6. The van der Waals surface area contributed by atoms with Crippen molar-refractivity contribution in [2.24, 2.45) is 0 Å². The van der Waals surface area contributed by atoms with E-state index in [4.69, 9.17) is 0 Å². The molecule has 1 N–H and O–H groups in total. The van der Waals surface area contributed by atoms with Crippen molar-refractivity contribution in [1.82, 2.24) is 10.2 Å². The number of nitrogens with zero attached hydrogens (tertiary/aromatic N) is 2. The van der Waals surface area contributed by atoms with Gasteiger partial charge in [-0.05, 0) is 60.9 Å². The minimum absolute atomic E-state index is 0.00305. The molecule has 2 atom stereocenters. The number of benzene rings is 4. The number of aryl methyl sites for hydroxylation is 1. The molecule has 216 valence electrons. The average Bonchev–Trinajstić information content (AvgIpc) is 3.28. The first kappa shape index (κ1) is 29.1. The van der Waals surface area contributed by atoms with Crippen LogP contribution in [0, 0.1) is 6.92 Å². The Morgan fingerprint density at radius 2 is 1.62 bits per heavy atom. The summed E-state index contributed by atoms with van der Waals surface area (Å²) < 4.78 is 0. The summed E-state index contributed by atoms with van der Waals surface area (Å²) in [6, 6.07) is 28.9. The largest absolute Gasteiger partial charge is 0.352 e. The molecule has 4 aromatic carbocycles. The van der Waals surface area contributed by atoms with E-state index in [9.17, 15) is 14.4 Å². The van der Waals surface area contributed by atoms with E-state index in [2.05, 4.69) is 5.32 Å². The summed E-state index contributed by atoms with van der Waals surface area (Å²) in [7, 11) is 0. The van der Waals surface area contributed by atoms with Gasteiger partial charge in [0.1, 0.15) is 6.04 Å². The molecule has 0 spiro atoms. The fraction of sp³-hybridized carbons (Fsp3) is 0.306. The predicted octanol–water partition coefficient (Wildman–Crippen LogP) is 6.44. The van der Waals surface area contributed by atoms with Crippen LogP contribution in [0.3, 0.4) is 0 Å². The summed E-state index contributed by atoms with van der Waals surface area (Å²) in [5.74, 6) is -0.270. The van der Waals surface area contributed by atoms with Crippen LogP contribution in [0.4, 0.5) is 5.69 Å². The second-order valence-corrected chi connectivity index (χ2v) is 11.2. The highest BCUT2D eigenvalue weighted by Crippen LogP contribution is 2.37. The maximum atomic E-state index is 14.1. The SMILES string of the molecule is CC[C@H](C)NC(=O)[C@H](Cc1ccccc1)N(Cc1ccccc1C)C(=O)CCCN1C(=O)c2cccc3cccc1c23. The van der Waals surface area contributed by atoms with Gasteiger partial charge in [-0.3, -0.25) is 14.4 Å². The molecule has 4 aromatic rings. The molecular formula is C36H39N3O3. The normalized spacial score (nSPS) is 13.7. The van der Waals surface area contributed by atoms with Crippen molar-refractivity contribution in [1.29, 1.82) is 0 Å². The number of hydrogen-bond acceptors (Lipinski definition) is 3. The van der Waals surface area contributed by atoms with Crippen molar-refractivity contribution < 1.29 is 14.4 Å². The van der Waals surface area contributed by atoms with E-state index in [1.54, 1.807) is 9.80 Å². The summed E-state index contributed by atoms with van der Waals surface area (Å²) >= 11 is 0. The van der Waals surface area contributed by atoms with Crippen LogP contribution in [0.2, 0.25) is 0 Å². The van der Waals surface area contributed by atoms with E-state index in [0.29, 0.717) is 31.5 Å². The summed E-state index contributed by atoms with van der Waals surface area (Å²) in [5, 5.41) is 5.14. The van der Waals surface area contributed by atoms with E-state index in [-0.39, 0.29) is 30.2 Å². The van der Waals surface area contributed by atoms with E-state index in [0.717, 1.165) is 39.6 Å². The van der Waals surface area contributed by atoms with Crippen LogP contribution in [-0.2, 0) is 22.6 Å². The molecule has 5 rings (SSSR count). The van der Waals surface area contributed by atoms with Gasteiger partial charge >= 0.3 is 0 Å². The topological polar surface area (TPSA) is 69.7 Å². The zero-order chi connectivity index (χ0) is 29.6. The van der Waals surface area contributed by atoms with Crippen molar-refractivity contribution in [3.63, 3.8) is 0 Å². The predicted molar refractivity (Wildman–Crippen MR) is 168 cm³/mol. The second-order valence-electron chi connectivity index (χ2n) is 11.2. The van der Waals surface area contributed by atoms with E-state index < -0.39 is 6.04 Å². The number of rotatable bonds is 12. The third-order valence-electron chi connectivity index (χ3n) is 8.30. The van der Waals surface area contributed by atoms with Crippen LogP contribution >= 0.6 is 0 Å². The summed E-state index contributed by atoms with van der Waals surface area (Å²) in [6.45, 7) is 6.81. The Bertz CT molecular complexity index is 1580. The molecule has 0 saturated heterocycles. The minimum atomic E-state index is -0.667. The standard InChI is InChI=1S/C36H39N3O3/c1-4-26(3)37-35(41)32(23-27-14-6-5-7-15-27)39(24-29-16-9-8-13-25(29)2)33(40)21-12-22-38-31-20-11-18-28-17-10-19-30(34(28)31)36(38)42/h5-11,13-20,26,32H,4,12,21-24H2,1-3H3,(H,37,41)/t26-,32-/m0/s1.